The number of rotatable bonds is 3. The average molecular weight is 466 g/mol. The Labute approximate surface area is 175 Å². The van der Waals surface area contributed by atoms with Crippen LogP contribution in [0.5, 0.6) is 0 Å². The summed E-state index contributed by atoms with van der Waals surface area (Å²) in [6.07, 6.45) is -4.80. The molecule has 1 N–H and O–H groups in total. The minimum atomic E-state index is -4.80. The molecule has 0 aliphatic carbocycles. The van der Waals surface area contributed by atoms with E-state index >= 15 is 0 Å². The molecule has 2 amide bonds. The van der Waals surface area contributed by atoms with Crippen LogP contribution in [0.2, 0.25) is 5.02 Å². The summed E-state index contributed by atoms with van der Waals surface area (Å²) in [4.78, 5) is 13.0. The maximum Gasteiger partial charge on any atom is 0.417 e. The smallest absolute Gasteiger partial charge is 0.322 e. The number of benzene rings is 2. The van der Waals surface area contributed by atoms with Gasteiger partial charge in [-0.3, -0.25) is 0 Å². The number of halogens is 5. The highest BCUT2D eigenvalue weighted by molar-refractivity contribution is 7.89. The van der Waals surface area contributed by atoms with Crippen molar-refractivity contribution >= 4 is 33.3 Å². The molecule has 0 spiro atoms. The number of amides is 2. The Hall–Kier alpha value is -2.37. The Morgan fingerprint density at radius 1 is 1.03 bits per heavy atom. The minimum Gasteiger partial charge on any atom is -0.322 e. The van der Waals surface area contributed by atoms with Crippen LogP contribution >= 0.6 is 11.6 Å². The molecule has 12 heteroatoms. The van der Waals surface area contributed by atoms with Gasteiger partial charge in [0.25, 0.3) is 0 Å². The van der Waals surface area contributed by atoms with E-state index in [9.17, 15) is 30.8 Å². The summed E-state index contributed by atoms with van der Waals surface area (Å²) in [5.74, 6) is -0.615. The lowest BCUT2D eigenvalue weighted by atomic mass is 10.2. The summed E-state index contributed by atoms with van der Waals surface area (Å²) in [6, 6.07) is 7.35. The number of para-hydroxylation sites is 1. The Bertz CT molecular complexity index is 1050. The molecule has 1 aliphatic heterocycles. The van der Waals surface area contributed by atoms with Gasteiger partial charge >= 0.3 is 12.2 Å². The van der Waals surface area contributed by atoms with Crippen molar-refractivity contribution in [1.29, 1.82) is 0 Å². The molecule has 1 saturated heterocycles. The van der Waals surface area contributed by atoms with E-state index in [-0.39, 0.29) is 31.9 Å². The molecule has 0 atom stereocenters. The summed E-state index contributed by atoms with van der Waals surface area (Å²) in [6.45, 7) is -0.285. The lowest BCUT2D eigenvalue weighted by Gasteiger charge is -2.34. The molecule has 1 fully saturated rings. The van der Waals surface area contributed by atoms with E-state index in [1.54, 1.807) is 6.07 Å². The van der Waals surface area contributed by atoms with Crippen LogP contribution in [0.1, 0.15) is 5.56 Å². The third-order valence-corrected chi connectivity index (χ3v) is 6.75. The first-order chi connectivity index (χ1) is 14.0. The number of piperazine rings is 1. The second-order valence-corrected chi connectivity index (χ2v) is 8.79. The summed E-state index contributed by atoms with van der Waals surface area (Å²) >= 11 is 5.54. The number of carbonyl (C=O) groups excluding carboxylic acids is 1. The number of nitrogens with one attached hydrogen (secondary N) is 1. The Morgan fingerprint density at radius 3 is 2.27 bits per heavy atom. The van der Waals surface area contributed by atoms with Crippen molar-refractivity contribution < 1.29 is 30.8 Å². The van der Waals surface area contributed by atoms with Gasteiger partial charge in [-0.2, -0.15) is 17.5 Å². The Kier molecular flexibility index (Phi) is 6.25. The standard InChI is InChI=1S/C18H16ClF4N3O3S/c19-14-6-5-12(11-13(14)18(21,22)23)30(28,29)26-9-7-25(8-10-26)17(27)24-16-4-2-1-3-15(16)20/h1-6,11H,7-10H2,(H,24,27). The number of carbonyl (C=O) groups is 1. The molecular weight excluding hydrogens is 450 g/mol. The number of sulfonamides is 1. The first kappa shape index (κ1) is 22.3. The predicted molar refractivity (Wildman–Crippen MR) is 102 cm³/mol. The van der Waals surface area contributed by atoms with Gasteiger partial charge in [0.15, 0.2) is 0 Å². The van der Waals surface area contributed by atoms with Crippen molar-refractivity contribution in [2.75, 3.05) is 31.5 Å². The summed E-state index contributed by atoms with van der Waals surface area (Å²) in [5, 5.41) is 1.80. The molecule has 2 aromatic carbocycles. The third-order valence-electron chi connectivity index (χ3n) is 4.52. The lowest BCUT2D eigenvalue weighted by Crippen LogP contribution is -2.51. The van der Waals surface area contributed by atoms with Crippen molar-refractivity contribution in [3.63, 3.8) is 0 Å². The van der Waals surface area contributed by atoms with E-state index in [2.05, 4.69) is 5.32 Å². The number of alkyl halides is 3. The highest BCUT2D eigenvalue weighted by Gasteiger charge is 2.36. The fraction of sp³-hybridized carbons (Fsp3) is 0.278. The number of hydrogen-bond acceptors (Lipinski definition) is 3. The van der Waals surface area contributed by atoms with Gasteiger partial charge in [0.05, 0.1) is 21.2 Å². The second-order valence-electron chi connectivity index (χ2n) is 6.44. The Balaban J connectivity index is 1.70. The van der Waals surface area contributed by atoms with E-state index in [1.165, 1.54) is 23.1 Å². The second kappa shape index (κ2) is 8.40. The van der Waals surface area contributed by atoms with Crippen LogP contribution in [0.25, 0.3) is 0 Å². The zero-order valence-electron chi connectivity index (χ0n) is 15.3. The zero-order chi connectivity index (χ0) is 22.1. The fourth-order valence-corrected chi connectivity index (χ4v) is 4.59. The number of nitrogens with zero attached hydrogens (tertiary/aromatic N) is 2. The van der Waals surface area contributed by atoms with E-state index in [0.717, 1.165) is 16.4 Å². The van der Waals surface area contributed by atoms with Crippen LogP contribution in [0.15, 0.2) is 47.4 Å². The number of urea groups is 1. The SMILES string of the molecule is O=C(Nc1ccccc1F)N1CCN(S(=O)(=O)c2ccc(Cl)c(C(F)(F)F)c2)CC1. The fourth-order valence-electron chi connectivity index (χ4n) is 2.92. The molecule has 0 radical (unpaired) electrons. The van der Waals surface area contributed by atoms with Crippen LogP contribution < -0.4 is 5.32 Å². The largest absolute Gasteiger partial charge is 0.417 e. The molecule has 6 nitrogen and oxygen atoms in total. The summed E-state index contributed by atoms with van der Waals surface area (Å²) in [7, 11) is -4.22. The third kappa shape index (κ3) is 4.68. The minimum absolute atomic E-state index is 0.0146. The lowest BCUT2D eigenvalue weighted by molar-refractivity contribution is -0.137. The van der Waals surface area contributed by atoms with E-state index in [1.807, 2.05) is 0 Å². The van der Waals surface area contributed by atoms with Crippen molar-refractivity contribution in [2.45, 2.75) is 11.1 Å². The molecule has 0 unspecified atom stereocenters. The molecule has 2 aromatic rings. The monoisotopic (exact) mass is 465 g/mol. The first-order valence-corrected chi connectivity index (χ1v) is 10.5. The van der Waals surface area contributed by atoms with Gasteiger partial charge in [0, 0.05) is 26.2 Å². The van der Waals surface area contributed by atoms with Gasteiger partial charge in [-0.15, -0.1) is 0 Å². The highest BCUT2D eigenvalue weighted by Crippen LogP contribution is 2.36. The number of hydrogen-bond donors (Lipinski definition) is 1. The molecular formula is C18H16ClF4N3O3S. The molecule has 162 valence electrons. The maximum atomic E-state index is 13.7. The highest BCUT2D eigenvalue weighted by atomic mass is 35.5. The topological polar surface area (TPSA) is 69.7 Å². The van der Waals surface area contributed by atoms with Crippen LogP contribution in [-0.2, 0) is 16.2 Å². The zero-order valence-corrected chi connectivity index (χ0v) is 16.9. The predicted octanol–water partition coefficient (Wildman–Crippen LogP) is 4.04. The summed E-state index contributed by atoms with van der Waals surface area (Å²) in [5.41, 5.74) is -1.26. The molecule has 0 aromatic heterocycles. The van der Waals surface area contributed by atoms with Gasteiger partial charge in [0.2, 0.25) is 10.0 Å². The van der Waals surface area contributed by atoms with Crippen LogP contribution in [-0.4, -0.2) is 49.8 Å². The molecule has 0 bridgehead atoms. The Morgan fingerprint density at radius 2 is 1.67 bits per heavy atom. The van der Waals surface area contributed by atoms with Crippen molar-refractivity contribution in [3.05, 3.63) is 58.9 Å². The van der Waals surface area contributed by atoms with Gasteiger partial charge in [-0.05, 0) is 30.3 Å². The van der Waals surface area contributed by atoms with E-state index < -0.39 is 43.5 Å². The first-order valence-electron chi connectivity index (χ1n) is 8.67. The molecule has 3 rings (SSSR count). The van der Waals surface area contributed by atoms with Crippen molar-refractivity contribution in [1.82, 2.24) is 9.21 Å². The van der Waals surface area contributed by atoms with Gasteiger partial charge in [-0.1, -0.05) is 23.7 Å². The van der Waals surface area contributed by atoms with E-state index in [4.69, 9.17) is 11.6 Å². The van der Waals surface area contributed by atoms with Gasteiger partial charge < -0.3 is 10.2 Å². The quantitative estimate of drug-likeness (QED) is 0.696. The molecule has 1 heterocycles. The maximum absolute atomic E-state index is 13.7. The van der Waals surface area contributed by atoms with E-state index in [0.29, 0.717) is 6.07 Å². The number of anilines is 1. The molecule has 1 aliphatic rings. The summed E-state index contributed by atoms with van der Waals surface area (Å²) < 4.78 is 79.2. The van der Waals surface area contributed by atoms with Crippen LogP contribution in [0, 0.1) is 5.82 Å². The normalized spacial score (nSPS) is 15.8. The molecule has 0 saturated carbocycles. The average Bonchev–Trinajstić information content (AvgIpc) is 2.69. The van der Waals surface area contributed by atoms with Gasteiger partial charge in [0.1, 0.15) is 5.82 Å². The van der Waals surface area contributed by atoms with Crippen LogP contribution in [0.4, 0.5) is 28.0 Å². The van der Waals surface area contributed by atoms with Crippen molar-refractivity contribution in [3.8, 4) is 0 Å². The van der Waals surface area contributed by atoms with Crippen LogP contribution in [0.3, 0.4) is 0 Å². The molecule has 30 heavy (non-hydrogen) atoms. The van der Waals surface area contributed by atoms with Gasteiger partial charge in [-0.25, -0.2) is 17.6 Å². The van der Waals surface area contributed by atoms with Crippen molar-refractivity contribution in [2.24, 2.45) is 0 Å².